The number of hydrogen-bond donors (Lipinski definition) is 1. The van der Waals surface area contributed by atoms with Gasteiger partial charge in [-0.25, -0.2) is 0 Å². The minimum Gasteiger partial charge on any atom is -0.391 e. The molecular weight excluding hydrogens is 250 g/mol. The standard InChI is InChI=1S/C14H18ClNO2/c15-12-6-4-11(5-7-12)2-1-3-14(18)16-9-8-13(17)10-16/h4-7,13,17H,1-3,8-10H2. The molecule has 0 aromatic heterocycles. The van der Waals surface area contributed by atoms with Crippen LogP contribution in [0.2, 0.25) is 5.02 Å². The van der Waals surface area contributed by atoms with E-state index < -0.39 is 0 Å². The Hall–Kier alpha value is -1.06. The lowest BCUT2D eigenvalue weighted by Gasteiger charge is -2.15. The van der Waals surface area contributed by atoms with E-state index in [1.165, 1.54) is 5.56 Å². The van der Waals surface area contributed by atoms with Crippen molar-refractivity contribution in [3.63, 3.8) is 0 Å². The summed E-state index contributed by atoms with van der Waals surface area (Å²) < 4.78 is 0. The second-order valence-electron chi connectivity index (χ2n) is 4.76. The summed E-state index contributed by atoms with van der Waals surface area (Å²) in [6.45, 7) is 1.20. The van der Waals surface area contributed by atoms with Gasteiger partial charge in [0.15, 0.2) is 0 Å². The smallest absolute Gasteiger partial charge is 0.222 e. The molecule has 1 heterocycles. The largest absolute Gasteiger partial charge is 0.391 e. The highest BCUT2D eigenvalue weighted by Gasteiger charge is 2.23. The number of β-amino-alcohol motifs (C(OH)–C–C–N with tert-alkyl or cyclic N) is 1. The van der Waals surface area contributed by atoms with Crippen LogP contribution in [0.15, 0.2) is 24.3 Å². The SMILES string of the molecule is O=C(CCCc1ccc(Cl)cc1)N1CCC(O)C1. The third kappa shape index (κ3) is 3.72. The molecule has 0 spiro atoms. The van der Waals surface area contributed by atoms with Crippen molar-refractivity contribution >= 4 is 17.5 Å². The fourth-order valence-corrected chi connectivity index (χ4v) is 2.35. The van der Waals surface area contributed by atoms with E-state index in [1.807, 2.05) is 24.3 Å². The second kappa shape index (κ2) is 6.21. The summed E-state index contributed by atoms with van der Waals surface area (Å²) in [6, 6.07) is 7.73. The van der Waals surface area contributed by atoms with Crippen molar-refractivity contribution in [2.75, 3.05) is 13.1 Å². The summed E-state index contributed by atoms with van der Waals surface area (Å²) in [5, 5.41) is 10.1. The third-order valence-electron chi connectivity index (χ3n) is 3.29. The Balaban J connectivity index is 1.72. The number of carbonyl (C=O) groups excluding carboxylic acids is 1. The van der Waals surface area contributed by atoms with Crippen LogP contribution < -0.4 is 0 Å². The van der Waals surface area contributed by atoms with Crippen molar-refractivity contribution in [3.05, 3.63) is 34.9 Å². The maximum absolute atomic E-state index is 11.8. The number of hydrogen-bond acceptors (Lipinski definition) is 2. The molecule has 1 amide bonds. The number of benzene rings is 1. The fraction of sp³-hybridized carbons (Fsp3) is 0.500. The first-order valence-corrected chi connectivity index (χ1v) is 6.73. The third-order valence-corrected chi connectivity index (χ3v) is 3.54. The number of aryl methyl sites for hydroxylation is 1. The lowest BCUT2D eigenvalue weighted by atomic mass is 10.1. The number of amides is 1. The van der Waals surface area contributed by atoms with Gasteiger partial charge in [0.1, 0.15) is 0 Å². The number of carbonyl (C=O) groups is 1. The number of aliphatic hydroxyl groups is 1. The molecule has 0 saturated carbocycles. The molecule has 2 rings (SSSR count). The summed E-state index contributed by atoms with van der Waals surface area (Å²) in [5.74, 6) is 0.153. The second-order valence-corrected chi connectivity index (χ2v) is 5.20. The normalized spacial score (nSPS) is 19.2. The lowest BCUT2D eigenvalue weighted by Crippen LogP contribution is -2.29. The number of likely N-dealkylation sites (tertiary alicyclic amines) is 1. The molecule has 3 nitrogen and oxygen atoms in total. The quantitative estimate of drug-likeness (QED) is 0.909. The van der Waals surface area contributed by atoms with Gasteiger partial charge in [-0.1, -0.05) is 23.7 Å². The summed E-state index contributed by atoms with van der Waals surface area (Å²) in [6.07, 6.45) is 2.66. The molecule has 1 fully saturated rings. The first-order valence-electron chi connectivity index (χ1n) is 6.35. The molecular formula is C14H18ClNO2. The van der Waals surface area contributed by atoms with E-state index >= 15 is 0 Å². The molecule has 1 aromatic carbocycles. The van der Waals surface area contributed by atoms with Crippen LogP contribution in [0.4, 0.5) is 0 Å². The van der Waals surface area contributed by atoms with Crippen LogP contribution in [0.3, 0.4) is 0 Å². The molecule has 1 N–H and O–H groups in total. The highest BCUT2D eigenvalue weighted by Crippen LogP contribution is 2.14. The zero-order valence-electron chi connectivity index (χ0n) is 10.3. The van der Waals surface area contributed by atoms with Crippen molar-refractivity contribution in [3.8, 4) is 0 Å². The Morgan fingerprint density at radius 2 is 2.11 bits per heavy atom. The highest BCUT2D eigenvalue weighted by molar-refractivity contribution is 6.30. The van der Waals surface area contributed by atoms with E-state index in [-0.39, 0.29) is 12.0 Å². The van der Waals surface area contributed by atoms with Crippen molar-refractivity contribution in [1.82, 2.24) is 4.90 Å². The maximum Gasteiger partial charge on any atom is 0.222 e. The predicted octanol–water partition coefficient (Wildman–Crippen LogP) is 2.26. The highest BCUT2D eigenvalue weighted by atomic mass is 35.5. The fourth-order valence-electron chi connectivity index (χ4n) is 2.22. The van der Waals surface area contributed by atoms with Gasteiger partial charge >= 0.3 is 0 Å². The molecule has 18 heavy (non-hydrogen) atoms. The van der Waals surface area contributed by atoms with Gasteiger partial charge in [0.2, 0.25) is 5.91 Å². The molecule has 1 aromatic rings. The minimum absolute atomic E-state index is 0.153. The molecule has 1 saturated heterocycles. The lowest BCUT2D eigenvalue weighted by molar-refractivity contribution is -0.130. The number of aliphatic hydroxyl groups excluding tert-OH is 1. The van der Waals surface area contributed by atoms with Gasteiger partial charge < -0.3 is 10.0 Å². The molecule has 1 aliphatic heterocycles. The van der Waals surface area contributed by atoms with Crippen LogP contribution in [0.25, 0.3) is 0 Å². The van der Waals surface area contributed by atoms with Crippen molar-refractivity contribution < 1.29 is 9.90 Å². The molecule has 0 aliphatic carbocycles. The molecule has 1 atom stereocenters. The van der Waals surface area contributed by atoms with Gasteiger partial charge in [0.05, 0.1) is 6.10 Å². The van der Waals surface area contributed by atoms with Crippen LogP contribution in [0.1, 0.15) is 24.8 Å². The van der Waals surface area contributed by atoms with E-state index in [0.29, 0.717) is 25.9 Å². The van der Waals surface area contributed by atoms with E-state index in [9.17, 15) is 9.90 Å². The minimum atomic E-state index is -0.329. The molecule has 98 valence electrons. The Morgan fingerprint density at radius 3 is 2.72 bits per heavy atom. The molecule has 4 heteroatoms. The monoisotopic (exact) mass is 267 g/mol. The van der Waals surface area contributed by atoms with Crippen molar-refractivity contribution in [2.24, 2.45) is 0 Å². The van der Waals surface area contributed by atoms with E-state index in [4.69, 9.17) is 11.6 Å². The van der Waals surface area contributed by atoms with E-state index in [0.717, 1.165) is 17.9 Å². The Bertz CT molecular complexity index is 405. The van der Waals surface area contributed by atoms with Gasteiger partial charge in [-0.2, -0.15) is 0 Å². The van der Waals surface area contributed by atoms with Crippen LogP contribution in [0.5, 0.6) is 0 Å². The number of rotatable bonds is 4. The first kappa shape index (κ1) is 13.4. The van der Waals surface area contributed by atoms with Crippen LogP contribution >= 0.6 is 11.6 Å². The van der Waals surface area contributed by atoms with E-state index in [2.05, 4.69) is 0 Å². The summed E-state index contributed by atoms with van der Waals surface area (Å²) >= 11 is 5.81. The van der Waals surface area contributed by atoms with Crippen molar-refractivity contribution in [2.45, 2.75) is 31.8 Å². The summed E-state index contributed by atoms with van der Waals surface area (Å²) in [5.41, 5.74) is 1.20. The average molecular weight is 268 g/mol. The van der Waals surface area contributed by atoms with Crippen LogP contribution in [-0.2, 0) is 11.2 Å². The van der Waals surface area contributed by atoms with Gasteiger partial charge in [0, 0.05) is 24.5 Å². The zero-order valence-corrected chi connectivity index (χ0v) is 11.1. The van der Waals surface area contributed by atoms with Gasteiger partial charge in [-0.15, -0.1) is 0 Å². The topological polar surface area (TPSA) is 40.5 Å². The number of halogens is 1. The van der Waals surface area contributed by atoms with Gasteiger partial charge in [0.25, 0.3) is 0 Å². The maximum atomic E-state index is 11.8. The predicted molar refractivity (Wildman–Crippen MR) is 71.6 cm³/mol. The Morgan fingerprint density at radius 1 is 1.39 bits per heavy atom. The Kier molecular flexibility index (Phi) is 4.61. The first-order chi connectivity index (χ1) is 8.65. The molecule has 0 radical (unpaired) electrons. The molecule has 1 aliphatic rings. The van der Waals surface area contributed by atoms with Gasteiger partial charge in [-0.05, 0) is 37.0 Å². The van der Waals surface area contributed by atoms with Crippen LogP contribution in [-0.4, -0.2) is 35.1 Å². The van der Waals surface area contributed by atoms with E-state index in [1.54, 1.807) is 4.90 Å². The summed E-state index contributed by atoms with van der Waals surface area (Å²) in [4.78, 5) is 13.6. The van der Waals surface area contributed by atoms with Crippen molar-refractivity contribution in [1.29, 1.82) is 0 Å². The summed E-state index contributed by atoms with van der Waals surface area (Å²) in [7, 11) is 0. The zero-order chi connectivity index (χ0) is 13.0. The average Bonchev–Trinajstić information content (AvgIpc) is 2.78. The molecule has 0 bridgehead atoms. The number of nitrogens with zero attached hydrogens (tertiary/aromatic N) is 1. The van der Waals surface area contributed by atoms with Gasteiger partial charge in [-0.3, -0.25) is 4.79 Å². The Labute approximate surface area is 112 Å². The van der Waals surface area contributed by atoms with Crippen LogP contribution in [0, 0.1) is 0 Å². The molecule has 1 unspecified atom stereocenters.